The molecule has 1 nitrogen and oxygen atoms in total. The summed E-state index contributed by atoms with van der Waals surface area (Å²) in [4.78, 5) is 4.63. The predicted molar refractivity (Wildman–Crippen MR) is 80.3 cm³/mol. The first kappa shape index (κ1) is 11.8. The second kappa shape index (κ2) is 6.15. The molecule has 0 aromatic heterocycles. The quantitative estimate of drug-likeness (QED) is 0.608. The molecule has 1 saturated heterocycles. The minimum atomic E-state index is 0.769. The summed E-state index contributed by atoms with van der Waals surface area (Å²) in [5.74, 6) is 1.22. The van der Waals surface area contributed by atoms with Crippen molar-refractivity contribution in [1.29, 1.82) is 0 Å². The Morgan fingerprint density at radius 3 is 2.80 bits per heavy atom. The van der Waals surface area contributed by atoms with Crippen LogP contribution in [0.25, 0.3) is 0 Å². The van der Waals surface area contributed by atoms with Gasteiger partial charge >= 0.3 is 0 Å². The second-order valence-corrected chi connectivity index (χ2v) is 6.71. The van der Waals surface area contributed by atoms with E-state index >= 15 is 0 Å². The van der Waals surface area contributed by atoms with Crippen molar-refractivity contribution in [1.82, 2.24) is 0 Å². The molecule has 2 rings (SSSR count). The Bertz CT molecular complexity index is 340. The SMILES string of the molecule is ICC1CSC(=NCc2ccccc2)S1. The van der Waals surface area contributed by atoms with E-state index in [1.165, 1.54) is 20.1 Å². The molecule has 1 aliphatic rings. The van der Waals surface area contributed by atoms with Crippen molar-refractivity contribution in [3.8, 4) is 0 Å². The van der Waals surface area contributed by atoms with Crippen molar-refractivity contribution in [2.24, 2.45) is 4.99 Å². The smallest absolute Gasteiger partial charge is 0.125 e. The Kier molecular flexibility index (Phi) is 4.84. The van der Waals surface area contributed by atoms with E-state index in [9.17, 15) is 0 Å². The van der Waals surface area contributed by atoms with Crippen LogP contribution in [0.2, 0.25) is 0 Å². The van der Waals surface area contributed by atoms with E-state index in [1.807, 2.05) is 29.6 Å². The zero-order valence-electron chi connectivity index (χ0n) is 8.23. The van der Waals surface area contributed by atoms with Crippen molar-refractivity contribution < 1.29 is 0 Å². The van der Waals surface area contributed by atoms with Crippen molar-refractivity contribution in [2.45, 2.75) is 11.8 Å². The van der Waals surface area contributed by atoms with Gasteiger partial charge in [-0.2, -0.15) is 0 Å². The fourth-order valence-corrected chi connectivity index (χ4v) is 5.00. The second-order valence-electron chi connectivity index (χ2n) is 3.27. The largest absolute Gasteiger partial charge is 0.267 e. The van der Waals surface area contributed by atoms with Crippen LogP contribution in [0.5, 0.6) is 0 Å². The molecule has 1 unspecified atom stereocenters. The standard InChI is InChI=1S/C11H12INS2/c12-6-10-8-14-11(15-10)13-7-9-4-2-1-3-5-9/h1-5,10H,6-8H2. The van der Waals surface area contributed by atoms with E-state index < -0.39 is 0 Å². The third-order valence-electron chi connectivity index (χ3n) is 2.07. The van der Waals surface area contributed by atoms with Gasteiger partial charge in [0.1, 0.15) is 4.38 Å². The number of nitrogens with zero attached hydrogens (tertiary/aromatic N) is 1. The first-order chi connectivity index (χ1) is 7.38. The van der Waals surface area contributed by atoms with E-state index in [0.717, 1.165) is 11.8 Å². The molecule has 1 aliphatic heterocycles. The highest BCUT2D eigenvalue weighted by molar-refractivity contribution is 14.1. The van der Waals surface area contributed by atoms with Gasteiger partial charge in [0.25, 0.3) is 0 Å². The molecule has 0 N–H and O–H groups in total. The van der Waals surface area contributed by atoms with Crippen LogP contribution in [0.1, 0.15) is 5.56 Å². The average Bonchev–Trinajstić information content (AvgIpc) is 2.76. The Balaban J connectivity index is 1.90. The van der Waals surface area contributed by atoms with Crippen LogP contribution < -0.4 is 0 Å². The van der Waals surface area contributed by atoms with Crippen LogP contribution in [0.4, 0.5) is 0 Å². The van der Waals surface area contributed by atoms with E-state index in [1.54, 1.807) is 0 Å². The summed E-state index contributed by atoms with van der Waals surface area (Å²) in [6.45, 7) is 0.824. The van der Waals surface area contributed by atoms with E-state index in [4.69, 9.17) is 0 Å². The molecule has 0 radical (unpaired) electrons. The minimum Gasteiger partial charge on any atom is -0.267 e. The summed E-state index contributed by atoms with van der Waals surface area (Å²) >= 11 is 6.29. The lowest BCUT2D eigenvalue weighted by molar-refractivity contribution is 1.08. The maximum absolute atomic E-state index is 4.63. The van der Waals surface area contributed by atoms with Gasteiger partial charge in [0, 0.05) is 15.4 Å². The summed E-state index contributed by atoms with van der Waals surface area (Å²) in [5.41, 5.74) is 1.30. The predicted octanol–water partition coefficient (Wildman–Crippen LogP) is 3.83. The van der Waals surface area contributed by atoms with Crippen molar-refractivity contribution in [3.63, 3.8) is 0 Å². The van der Waals surface area contributed by atoms with Crippen LogP contribution in [0.3, 0.4) is 0 Å². The number of rotatable bonds is 3. The molecule has 15 heavy (non-hydrogen) atoms. The number of benzene rings is 1. The summed E-state index contributed by atoms with van der Waals surface area (Å²) < 4.78 is 2.49. The number of alkyl halides is 1. The van der Waals surface area contributed by atoms with Gasteiger partial charge in [-0.3, -0.25) is 4.99 Å². The molecular formula is C11H12INS2. The molecule has 0 bridgehead atoms. The highest BCUT2D eigenvalue weighted by Gasteiger charge is 2.20. The molecule has 1 heterocycles. The van der Waals surface area contributed by atoms with E-state index in [-0.39, 0.29) is 0 Å². The van der Waals surface area contributed by atoms with Crippen LogP contribution in [-0.2, 0) is 6.54 Å². The van der Waals surface area contributed by atoms with Gasteiger partial charge in [0.2, 0.25) is 0 Å². The molecule has 1 aromatic rings. The molecule has 80 valence electrons. The Morgan fingerprint density at radius 1 is 1.33 bits per heavy atom. The van der Waals surface area contributed by atoms with Crippen molar-refractivity contribution in [2.75, 3.05) is 10.2 Å². The number of halogens is 1. The van der Waals surface area contributed by atoms with E-state index in [0.29, 0.717) is 0 Å². The maximum Gasteiger partial charge on any atom is 0.125 e. The van der Waals surface area contributed by atoms with Crippen LogP contribution in [-0.4, -0.2) is 19.8 Å². The zero-order chi connectivity index (χ0) is 10.5. The monoisotopic (exact) mass is 349 g/mol. The summed E-state index contributed by atoms with van der Waals surface area (Å²) in [7, 11) is 0. The Morgan fingerprint density at radius 2 is 2.13 bits per heavy atom. The fraction of sp³-hybridized carbons (Fsp3) is 0.364. The Labute approximate surface area is 113 Å². The first-order valence-electron chi connectivity index (χ1n) is 4.82. The molecule has 0 spiro atoms. The van der Waals surface area contributed by atoms with Crippen LogP contribution >= 0.6 is 46.1 Å². The number of hydrogen-bond acceptors (Lipinski definition) is 3. The number of aliphatic imine (C=N–C) groups is 1. The molecule has 0 saturated carbocycles. The molecular weight excluding hydrogens is 337 g/mol. The molecule has 1 atom stereocenters. The molecule has 1 aromatic carbocycles. The van der Waals surface area contributed by atoms with Crippen molar-refractivity contribution in [3.05, 3.63) is 35.9 Å². The van der Waals surface area contributed by atoms with Gasteiger partial charge < -0.3 is 0 Å². The lowest BCUT2D eigenvalue weighted by Gasteiger charge is -1.99. The third-order valence-corrected chi connectivity index (χ3v) is 6.52. The topological polar surface area (TPSA) is 12.4 Å². The lowest BCUT2D eigenvalue weighted by Crippen LogP contribution is -2.00. The lowest BCUT2D eigenvalue weighted by atomic mass is 10.2. The van der Waals surface area contributed by atoms with Gasteiger partial charge in [0.15, 0.2) is 0 Å². The van der Waals surface area contributed by atoms with Gasteiger partial charge in [-0.05, 0) is 5.56 Å². The summed E-state index contributed by atoms with van der Waals surface area (Å²) in [6, 6.07) is 10.4. The van der Waals surface area contributed by atoms with Crippen LogP contribution in [0, 0.1) is 0 Å². The average molecular weight is 349 g/mol. The molecule has 0 aliphatic carbocycles. The first-order valence-corrected chi connectivity index (χ1v) is 8.21. The van der Waals surface area contributed by atoms with Gasteiger partial charge in [-0.1, -0.05) is 76.4 Å². The summed E-state index contributed by atoms with van der Waals surface area (Å²) in [5, 5.41) is 0.769. The third kappa shape index (κ3) is 3.67. The van der Waals surface area contributed by atoms with Crippen molar-refractivity contribution >= 4 is 50.5 Å². The number of hydrogen-bond donors (Lipinski definition) is 0. The van der Waals surface area contributed by atoms with Gasteiger partial charge in [-0.25, -0.2) is 0 Å². The molecule has 4 heteroatoms. The fourth-order valence-electron chi connectivity index (χ4n) is 1.27. The Hall–Kier alpha value is 0.320. The molecule has 0 amide bonds. The van der Waals surface area contributed by atoms with Gasteiger partial charge in [-0.15, -0.1) is 0 Å². The maximum atomic E-state index is 4.63. The molecule has 1 fully saturated rings. The normalized spacial score (nSPS) is 23.5. The van der Waals surface area contributed by atoms with E-state index in [2.05, 4.69) is 51.8 Å². The summed E-state index contributed by atoms with van der Waals surface area (Å²) in [6.07, 6.45) is 0. The highest BCUT2D eigenvalue weighted by atomic mass is 127. The zero-order valence-corrected chi connectivity index (χ0v) is 12.0. The van der Waals surface area contributed by atoms with Gasteiger partial charge in [0.05, 0.1) is 6.54 Å². The van der Waals surface area contributed by atoms with Crippen LogP contribution in [0.15, 0.2) is 35.3 Å². The number of thioether (sulfide) groups is 2. The minimum absolute atomic E-state index is 0.769. The highest BCUT2D eigenvalue weighted by Crippen LogP contribution is 2.34.